The zero-order chi connectivity index (χ0) is 19.5. The van der Waals surface area contributed by atoms with Gasteiger partial charge in [0.05, 0.1) is 18.2 Å². The molecule has 2 aromatic carbocycles. The van der Waals surface area contributed by atoms with E-state index in [1.165, 1.54) is 11.9 Å². The van der Waals surface area contributed by atoms with E-state index in [-0.39, 0.29) is 6.04 Å². The predicted molar refractivity (Wildman–Crippen MR) is 109 cm³/mol. The van der Waals surface area contributed by atoms with Gasteiger partial charge in [0.15, 0.2) is 0 Å². The first-order valence-corrected chi connectivity index (χ1v) is 9.32. The van der Waals surface area contributed by atoms with E-state index in [1.807, 2.05) is 18.2 Å². The van der Waals surface area contributed by atoms with Gasteiger partial charge in [0.2, 0.25) is 0 Å². The van der Waals surface area contributed by atoms with E-state index in [2.05, 4.69) is 32.7 Å². The second-order valence-corrected chi connectivity index (χ2v) is 6.92. The number of para-hydroxylation sites is 1. The lowest BCUT2D eigenvalue weighted by molar-refractivity contribution is 0.100. The molecule has 1 unspecified atom stereocenters. The number of nitrogens with one attached hydrogen (secondary N) is 2. The molecule has 7 heteroatoms. The van der Waals surface area contributed by atoms with Crippen molar-refractivity contribution < 1.29 is 9.53 Å². The number of primary amides is 1. The number of fused-ring (bicyclic) bond motifs is 1. The molecule has 2 atom stereocenters. The van der Waals surface area contributed by atoms with Crippen LogP contribution in [0.1, 0.15) is 28.3 Å². The molecule has 4 rings (SSSR count). The van der Waals surface area contributed by atoms with Crippen LogP contribution in [0.5, 0.6) is 5.75 Å². The summed E-state index contributed by atoms with van der Waals surface area (Å²) in [6.07, 6.45) is 2.47. The second-order valence-electron chi connectivity index (χ2n) is 6.92. The smallest absolute Gasteiger partial charge is 0.250 e. The van der Waals surface area contributed by atoms with Gasteiger partial charge in [-0.05, 0) is 42.8 Å². The lowest BCUT2D eigenvalue weighted by atomic mass is 9.86. The molecule has 3 aromatic rings. The van der Waals surface area contributed by atoms with E-state index in [4.69, 9.17) is 10.5 Å². The third kappa shape index (κ3) is 3.48. The Labute approximate surface area is 163 Å². The third-order valence-corrected chi connectivity index (χ3v) is 5.26. The quantitative estimate of drug-likeness (QED) is 0.631. The van der Waals surface area contributed by atoms with Gasteiger partial charge in [-0.1, -0.05) is 18.2 Å². The number of piperidine rings is 1. The fourth-order valence-corrected chi connectivity index (χ4v) is 3.86. The lowest BCUT2D eigenvalue weighted by Crippen LogP contribution is -2.44. The number of rotatable bonds is 5. The Morgan fingerprint density at radius 3 is 2.93 bits per heavy atom. The van der Waals surface area contributed by atoms with Crippen LogP contribution in [0.25, 0.3) is 10.9 Å². The fourth-order valence-electron chi connectivity index (χ4n) is 3.86. The van der Waals surface area contributed by atoms with Gasteiger partial charge in [-0.2, -0.15) is 0 Å². The van der Waals surface area contributed by atoms with Crippen LogP contribution in [-0.4, -0.2) is 42.1 Å². The molecular weight excluding hydrogens is 354 g/mol. The van der Waals surface area contributed by atoms with Crippen molar-refractivity contribution in [2.24, 2.45) is 5.73 Å². The number of ether oxygens (including phenoxy) is 1. The minimum atomic E-state index is -0.496. The number of hydrogen-bond acceptors (Lipinski definition) is 6. The molecule has 1 amide bonds. The third-order valence-electron chi connectivity index (χ3n) is 5.26. The summed E-state index contributed by atoms with van der Waals surface area (Å²) >= 11 is 0. The molecule has 0 saturated carbocycles. The maximum Gasteiger partial charge on any atom is 0.250 e. The van der Waals surface area contributed by atoms with Crippen LogP contribution in [0.15, 0.2) is 48.8 Å². The highest BCUT2D eigenvalue weighted by Crippen LogP contribution is 2.31. The van der Waals surface area contributed by atoms with Crippen molar-refractivity contribution >= 4 is 22.6 Å². The van der Waals surface area contributed by atoms with Crippen LogP contribution in [0, 0.1) is 0 Å². The molecule has 1 aliphatic heterocycles. The number of nitrogens with zero attached hydrogens (tertiary/aromatic N) is 2. The second kappa shape index (κ2) is 7.82. The van der Waals surface area contributed by atoms with Crippen LogP contribution in [0.4, 0.5) is 5.82 Å². The Hall–Kier alpha value is -3.19. The SMILES string of the molecule is COc1cccc([C@H]2CCNCC2Nc2ncnc3c(C(N)=O)cccc23)c1. The Balaban J connectivity index is 1.68. The summed E-state index contributed by atoms with van der Waals surface area (Å²) < 4.78 is 5.39. The first kappa shape index (κ1) is 18.2. The summed E-state index contributed by atoms with van der Waals surface area (Å²) in [7, 11) is 1.68. The van der Waals surface area contributed by atoms with Crippen LogP contribution >= 0.6 is 0 Å². The molecule has 0 aliphatic carbocycles. The molecule has 28 heavy (non-hydrogen) atoms. The first-order valence-electron chi connectivity index (χ1n) is 9.32. The highest BCUT2D eigenvalue weighted by Gasteiger charge is 2.27. The van der Waals surface area contributed by atoms with Gasteiger partial charge >= 0.3 is 0 Å². The monoisotopic (exact) mass is 377 g/mol. The standard InChI is InChI=1S/C21H23N5O2/c1-28-14-5-2-4-13(10-14)15-8-9-23-11-18(15)26-21-17-7-3-6-16(20(22)27)19(17)24-12-25-21/h2-7,10,12,15,18,23H,8-9,11H2,1H3,(H2,22,27)(H,24,25,26)/t15-,18?/m1/s1. The molecule has 0 radical (unpaired) electrons. The van der Waals surface area contributed by atoms with Crippen LogP contribution in [0.3, 0.4) is 0 Å². The molecular formula is C21H23N5O2. The van der Waals surface area contributed by atoms with E-state index >= 15 is 0 Å². The largest absolute Gasteiger partial charge is 0.497 e. The molecule has 1 fully saturated rings. The maximum absolute atomic E-state index is 11.7. The van der Waals surface area contributed by atoms with Crippen molar-refractivity contribution in [2.75, 3.05) is 25.5 Å². The van der Waals surface area contributed by atoms with Gasteiger partial charge in [0, 0.05) is 23.9 Å². The predicted octanol–water partition coefficient (Wildman–Crippen LogP) is 2.29. The number of amides is 1. The van der Waals surface area contributed by atoms with E-state index < -0.39 is 5.91 Å². The number of anilines is 1. The number of nitrogens with two attached hydrogens (primary N) is 1. The molecule has 0 spiro atoms. The zero-order valence-corrected chi connectivity index (χ0v) is 15.7. The summed E-state index contributed by atoms with van der Waals surface area (Å²) in [5.74, 6) is 1.37. The van der Waals surface area contributed by atoms with Gasteiger partial charge in [-0.15, -0.1) is 0 Å². The van der Waals surface area contributed by atoms with Gasteiger partial charge < -0.3 is 21.1 Å². The number of benzene rings is 2. The summed E-state index contributed by atoms with van der Waals surface area (Å²) in [6.45, 7) is 1.76. The van der Waals surface area contributed by atoms with Crippen LogP contribution < -0.4 is 21.1 Å². The number of aromatic nitrogens is 2. The van der Waals surface area contributed by atoms with E-state index in [1.54, 1.807) is 19.2 Å². The molecule has 144 valence electrons. The van der Waals surface area contributed by atoms with Crippen molar-refractivity contribution in [3.05, 3.63) is 59.9 Å². The molecule has 1 aliphatic rings. The van der Waals surface area contributed by atoms with E-state index in [9.17, 15) is 4.79 Å². The van der Waals surface area contributed by atoms with Gasteiger partial charge in [-0.25, -0.2) is 9.97 Å². The fraction of sp³-hybridized carbons (Fsp3) is 0.286. The Kier molecular flexibility index (Phi) is 5.08. The average molecular weight is 377 g/mol. The number of hydrogen-bond donors (Lipinski definition) is 3. The van der Waals surface area contributed by atoms with E-state index in [0.29, 0.717) is 22.8 Å². The maximum atomic E-state index is 11.7. The van der Waals surface area contributed by atoms with Gasteiger partial charge in [0.25, 0.3) is 5.91 Å². The number of carbonyl (C=O) groups is 1. The van der Waals surface area contributed by atoms with Crippen molar-refractivity contribution in [3.63, 3.8) is 0 Å². The summed E-state index contributed by atoms with van der Waals surface area (Å²) in [6, 6.07) is 13.7. The summed E-state index contributed by atoms with van der Waals surface area (Å²) in [5, 5.41) is 7.81. The van der Waals surface area contributed by atoms with E-state index in [0.717, 1.165) is 30.6 Å². The molecule has 4 N–H and O–H groups in total. The topological polar surface area (TPSA) is 102 Å². The number of methoxy groups -OCH3 is 1. The van der Waals surface area contributed by atoms with Crippen molar-refractivity contribution in [1.82, 2.24) is 15.3 Å². The van der Waals surface area contributed by atoms with Gasteiger partial charge in [-0.3, -0.25) is 4.79 Å². The summed E-state index contributed by atoms with van der Waals surface area (Å²) in [4.78, 5) is 20.4. The number of carbonyl (C=O) groups excluding carboxylic acids is 1. The Morgan fingerprint density at radius 1 is 1.25 bits per heavy atom. The summed E-state index contributed by atoms with van der Waals surface area (Å²) in [5.41, 5.74) is 7.69. The minimum Gasteiger partial charge on any atom is -0.497 e. The lowest BCUT2D eigenvalue weighted by Gasteiger charge is -2.34. The van der Waals surface area contributed by atoms with Crippen LogP contribution in [-0.2, 0) is 0 Å². The normalized spacial score (nSPS) is 19.3. The van der Waals surface area contributed by atoms with Crippen molar-refractivity contribution in [3.8, 4) is 5.75 Å². The van der Waals surface area contributed by atoms with Crippen molar-refractivity contribution in [2.45, 2.75) is 18.4 Å². The van der Waals surface area contributed by atoms with Gasteiger partial charge in [0.1, 0.15) is 17.9 Å². The van der Waals surface area contributed by atoms with Crippen LogP contribution in [0.2, 0.25) is 0 Å². The highest BCUT2D eigenvalue weighted by atomic mass is 16.5. The Bertz CT molecular complexity index is 1010. The molecule has 7 nitrogen and oxygen atoms in total. The first-order chi connectivity index (χ1) is 13.7. The zero-order valence-electron chi connectivity index (χ0n) is 15.7. The molecule has 0 bridgehead atoms. The molecule has 1 saturated heterocycles. The molecule has 2 heterocycles. The average Bonchev–Trinajstić information content (AvgIpc) is 2.74. The highest BCUT2D eigenvalue weighted by molar-refractivity contribution is 6.06. The van der Waals surface area contributed by atoms with Crippen molar-refractivity contribution in [1.29, 1.82) is 0 Å². The molecule has 1 aromatic heterocycles. The minimum absolute atomic E-state index is 0.135. The Morgan fingerprint density at radius 2 is 2.11 bits per heavy atom.